The van der Waals surface area contributed by atoms with Crippen LogP contribution in [0.5, 0.6) is 11.5 Å². The van der Waals surface area contributed by atoms with E-state index in [0.29, 0.717) is 37.6 Å². The first kappa shape index (κ1) is 22.9. The molecule has 34 heavy (non-hydrogen) atoms. The van der Waals surface area contributed by atoms with Crippen molar-refractivity contribution in [2.24, 2.45) is 0 Å². The molecule has 5 rings (SSSR count). The van der Waals surface area contributed by atoms with Gasteiger partial charge in [-0.3, -0.25) is 4.79 Å². The molecule has 0 radical (unpaired) electrons. The Morgan fingerprint density at radius 3 is 2.91 bits per heavy atom. The molecular formula is C25H26N2O5S2. The maximum Gasteiger partial charge on any atom is 0.255 e. The topological polar surface area (TPSA) is 84.9 Å². The van der Waals surface area contributed by atoms with E-state index in [0.717, 1.165) is 23.3 Å². The van der Waals surface area contributed by atoms with E-state index < -0.39 is 15.9 Å². The van der Waals surface area contributed by atoms with Gasteiger partial charge in [-0.25, -0.2) is 8.42 Å². The van der Waals surface area contributed by atoms with Gasteiger partial charge in [0.2, 0.25) is 10.0 Å². The third-order valence-electron chi connectivity index (χ3n) is 6.05. The molecule has 0 saturated carbocycles. The number of carbonyl (C=O) groups is 1. The smallest absolute Gasteiger partial charge is 0.255 e. The summed E-state index contributed by atoms with van der Waals surface area (Å²) in [5.74, 6) is 0.874. The van der Waals surface area contributed by atoms with Crippen molar-refractivity contribution >= 4 is 33.0 Å². The fraction of sp³-hybridized carbons (Fsp3) is 0.320. The van der Waals surface area contributed by atoms with Gasteiger partial charge in [-0.05, 0) is 61.5 Å². The second-order valence-electron chi connectivity index (χ2n) is 8.46. The van der Waals surface area contributed by atoms with Crippen molar-refractivity contribution in [3.8, 4) is 11.5 Å². The lowest BCUT2D eigenvalue weighted by atomic mass is 10.1. The molecule has 2 aliphatic rings. The van der Waals surface area contributed by atoms with Crippen molar-refractivity contribution < 1.29 is 22.7 Å². The van der Waals surface area contributed by atoms with Gasteiger partial charge < -0.3 is 14.8 Å². The lowest BCUT2D eigenvalue weighted by molar-refractivity contribution is 0.102. The molecule has 0 aliphatic carbocycles. The van der Waals surface area contributed by atoms with Crippen molar-refractivity contribution in [2.45, 2.75) is 44.2 Å². The number of hydrogen-bond acceptors (Lipinski definition) is 6. The van der Waals surface area contributed by atoms with Gasteiger partial charge in [0.05, 0.1) is 17.2 Å². The van der Waals surface area contributed by atoms with E-state index in [1.54, 1.807) is 29.5 Å². The van der Waals surface area contributed by atoms with Crippen LogP contribution in [-0.2, 0) is 29.4 Å². The minimum Gasteiger partial charge on any atom is -0.492 e. The zero-order chi connectivity index (χ0) is 23.9. The summed E-state index contributed by atoms with van der Waals surface area (Å²) in [6.07, 6.45) is 1.55. The number of hydrogen-bond donors (Lipinski definition) is 1. The Bertz CT molecular complexity index is 1350. The van der Waals surface area contributed by atoms with Gasteiger partial charge in [-0.1, -0.05) is 6.07 Å². The van der Waals surface area contributed by atoms with E-state index in [1.165, 1.54) is 21.3 Å². The minimum absolute atomic E-state index is 0.0669. The monoisotopic (exact) mass is 498 g/mol. The third kappa shape index (κ3) is 4.31. The highest BCUT2D eigenvalue weighted by molar-refractivity contribution is 7.89. The highest BCUT2D eigenvalue weighted by Gasteiger charge is 2.29. The molecule has 2 aromatic carbocycles. The number of nitrogens with zero attached hydrogens (tertiary/aromatic N) is 1. The van der Waals surface area contributed by atoms with E-state index in [-0.39, 0.29) is 16.6 Å². The number of ether oxygens (including phenoxy) is 2. The van der Waals surface area contributed by atoms with Crippen LogP contribution >= 0.6 is 11.3 Å². The predicted molar refractivity (Wildman–Crippen MR) is 131 cm³/mol. The van der Waals surface area contributed by atoms with E-state index in [4.69, 9.17) is 9.47 Å². The van der Waals surface area contributed by atoms with Crippen molar-refractivity contribution in [1.29, 1.82) is 0 Å². The summed E-state index contributed by atoms with van der Waals surface area (Å²) in [6, 6.07) is 11.8. The predicted octanol–water partition coefficient (Wildman–Crippen LogP) is 4.47. The molecule has 0 bridgehead atoms. The summed E-state index contributed by atoms with van der Waals surface area (Å²) in [5.41, 5.74) is 2.84. The van der Waals surface area contributed by atoms with Crippen LogP contribution in [0.1, 0.15) is 40.2 Å². The van der Waals surface area contributed by atoms with Crippen LogP contribution in [0.15, 0.2) is 52.7 Å². The molecule has 1 atom stereocenters. The first-order valence-electron chi connectivity index (χ1n) is 11.3. The van der Waals surface area contributed by atoms with Crippen LogP contribution in [0.25, 0.3) is 0 Å². The van der Waals surface area contributed by atoms with Gasteiger partial charge in [-0.15, -0.1) is 11.3 Å². The number of anilines is 1. The summed E-state index contributed by atoms with van der Waals surface area (Å²) >= 11 is 1.66. The molecule has 7 nitrogen and oxygen atoms in total. The largest absolute Gasteiger partial charge is 0.492 e. The molecule has 0 saturated heterocycles. The van der Waals surface area contributed by atoms with Gasteiger partial charge in [0, 0.05) is 41.6 Å². The molecule has 9 heteroatoms. The van der Waals surface area contributed by atoms with Gasteiger partial charge >= 0.3 is 0 Å². The average molecular weight is 499 g/mol. The maximum atomic E-state index is 13.3. The number of carbonyl (C=O) groups excluding carboxylic acids is 1. The fourth-order valence-corrected chi connectivity index (χ4v) is 6.74. The summed E-state index contributed by atoms with van der Waals surface area (Å²) < 4.78 is 39.7. The van der Waals surface area contributed by atoms with E-state index in [2.05, 4.69) is 5.32 Å². The Balaban J connectivity index is 1.39. The average Bonchev–Trinajstić information content (AvgIpc) is 3.44. The van der Waals surface area contributed by atoms with Crippen molar-refractivity contribution in [3.05, 3.63) is 69.4 Å². The fourth-order valence-electron chi connectivity index (χ4n) is 4.38. The number of rotatable bonds is 6. The molecule has 3 heterocycles. The SMILES string of the molecule is CCOc1cc2c(cc1NC(=O)c1cccc(S(=O)(=O)N3CCc4sccc4C3)c1)OC(C)C2. The molecule has 3 aromatic rings. The molecule has 2 aliphatic heterocycles. The molecule has 1 amide bonds. The first-order chi connectivity index (χ1) is 16.3. The van der Waals surface area contributed by atoms with Gasteiger partial charge in [0.25, 0.3) is 5.91 Å². The lowest BCUT2D eigenvalue weighted by Crippen LogP contribution is -2.35. The Morgan fingerprint density at radius 2 is 2.09 bits per heavy atom. The van der Waals surface area contributed by atoms with Crippen molar-refractivity contribution in [3.63, 3.8) is 0 Å². The number of thiophene rings is 1. The number of amides is 1. The van der Waals surface area contributed by atoms with Gasteiger partial charge in [0.15, 0.2) is 0 Å². The quantitative estimate of drug-likeness (QED) is 0.542. The Morgan fingerprint density at radius 1 is 1.24 bits per heavy atom. The Kier molecular flexibility index (Phi) is 6.09. The maximum absolute atomic E-state index is 13.3. The highest BCUT2D eigenvalue weighted by Crippen LogP contribution is 2.38. The molecule has 1 N–H and O–H groups in total. The molecule has 1 aromatic heterocycles. The number of sulfonamides is 1. The zero-order valence-corrected chi connectivity index (χ0v) is 20.7. The Labute approximate surface area is 203 Å². The van der Waals surface area contributed by atoms with Crippen LogP contribution in [-0.4, -0.2) is 37.9 Å². The standard InChI is InChI=1S/C25H26N2O5S2/c1-3-31-23-13-19-11-16(2)32-22(19)14-21(23)26-25(28)17-5-4-6-20(12-17)34(29,30)27-9-7-24-18(15-27)8-10-33-24/h4-6,8,10,12-14,16H,3,7,9,11,15H2,1-2H3,(H,26,28). The van der Waals surface area contributed by atoms with Gasteiger partial charge in [-0.2, -0.15) is 4.31 Å². The summed E-state index contributed by atoms with van der Waals surface area (Å²) in [6.45, 7) is 5.10. The summed E-state index contributed by atoms with van der Waals surface area (Å²) in [4.78, 5) is 14.4. The molecule has 0 spiro atoms. The van der Waals surface area contributed by atoms with Crippen LogP contribution in [0.3, 0.4) is 0 Å². The first-order valence-corrected chi connectivity index (χ1v) is 13.6. The molecule has 178 valence electrons. The Hall–Kier alpha value is -2.88. The molecular weight excluding hydrogens is 472 g/mol. The minimum atomic E-state index is -3.73. The molecule has 1 unspecified atom stereocenters. The van der Waals surface area contributed by atoms with Crippen LogP contribution in [0.2, 0.25) is 0 Å². The summed E-state index contributed by atoms with van der Waals surface area (Å²) in [5, 5.41) is 4.87. The summed E-state index contributed by atoms with van der Waals surface area (Å²) in [7, 11) is -3.73. The van der Waals surface area contributed by atoms with E-state index >= 15 is 0 Å². The number of benzene rings is 2. The normalized spacial score (nSPS) is 17.5. The van der Waals surface area contributed by atoms with E-state index in [9.17, 15) is 13.2 Å². The van der Waals surface area contributed by atoms with Crippen LogP contribution in [0.4, 0.5) is 5.69 Å². The second kappa shape index (κ2) is 9.05. The molecule has 0 fully saturated rings. The highest BCUT2D eigenvalue weighted by atomic mass is 32.2. The van der Waals surface area contributed by atoms with Crippen molar-refractivity contribution in [2.75, 3.05) is 18.5 Å². The van der Waals surface area contributed by atoms with Crippen molar-refractivity contribution in [1.82, 2.24) is 4.31 Å². The zero-order valence-electron chi connectivity index (χ0n) is 19.0. The number of fused-ring (bicyclic) bond motifs is 2. The lowest BCUT2D eigenvalue weighted by Gasteiger charge is -2.26. The van der Waals surface area contributed by atoms with Crippen LogP contribution in [0, 0.1) is 0 Å². The van der Waals surface area contributed by atoms with Gasteiger partial charge in [0.1, 0.15) is 17.6 Å². The number of nitrogens with one attached hydrogen (secondary N) is 1. The second-order valence-corrected chi connectivity index (χ2v) is 11.4. The third-order valence-corrected chi connectivity index (χ3v) is 8.92. The van der Waals surface area contributed by atoms with E-state index in [1.807, 2.05) is 31.4 Å². The van der Waals surface area contributed by atoms with Crippen LogP contribution < -0.4 is 14.8 Å².